The Morgan fingerprint density at radius 3 is 2.76 bits per heavy atom. The van der Waals surface area contributed by atoms with E-state index in [-0.39, 0.29) is 17.3 Å². The minimum Gasteiger partial charge on any atom is -0.396 e. The van der Waals surface area contributed by atoms with E-state index < -0.39 is 17.5 Å². The van der Waals surface area contributed by atoms with Crippen molar-refractivity contribution in [1.82, 2.24) is 4.90 Å². The van der Waals surface area contributed by atoms with Crippen LogP contribution in [-0.4, -0.2) is 23.9 Å². The smallest absolute Gasteiger partial charge is 0.257 e. The van der Waals surface area contributed by atoms with Gasteiger partial charge in [-0.2, -0.15) is 0 Å². The molecule has 0 aliphatic rings. The fraction of sp³-hybridized carbons (Fsp3) is 0.267. The van der Waals surface area contributed by atoms with Gasteiger partial charge in [-0.1, -0.05) is 6.07 Å². The molecule has 21 heavy (non-hydrogen) atoms. The van der Waals surface area contributed by atoms with Crippen LogP contribution in [0, 0.1) is 11.6 Å². The molecule has 1 aromatic heterocycles. The number of nitrogens with zero attached hydrogens (tertiary/aromatic N) is 1. The van der Waals surface area contributed by atoms with Crippen LogP contribution < -0.4 is 5.73 Å². The normalized spacial score (nSPS) is 12.2. The van der Waals surface area contributed by atoms with E-state index in [0.717, 1.165) is 17.0 Å². The molecule has 112 valence electrons. The third-order valence-corrected chi connectivity index (χ3v) is 4.25. The Labute approximate surface area is 126 Å². The number of hydrogen-bond acceptors (Lipinski definition) is 3. The molecule has 1 amide bonds. The number of halogens is 2. The van der Waals surface area contributed by atoms with E-state index in [0.29, 0.717) is 6.42 Å². The van der Waals surface area contributed by atoms with E-state index in [4.69, 9.17) is 5.73 Å². The Hall–Kier alpha value is -1.95. The lowest BCUT2D eigenvalue weighted by Gasteiger charge is -2.25. The molecule has 2 aromatic rings. The van der Waals surface area contributed by atoms with Gasteiger partial charge < -0.3 is 10.6 Å². The first-order valence-corrected chi connectivity index (χ1v) is 7.32. The van der Waals surface area contributed by atoms with Crippen molar-refractivity contribution in [3.05, 3.63) is 51.7 Å². The number of hydrogen-bond donors (Lipinski definition) is 1. The minimum absolute atomic E-state index is 0.139. The van der Waals surface area contributed by atoms with Crippen LogP contribution >= 0.6 is 11.3 Å². The minimum atomic E-state index is -0.878. The third-order valence-electron chi connectivity index (χ3n) is 3.35. The van der Waals surface area contributed by atoms with Crippen LogP contribution in [0.1, 0.15) is 22.2 Å². The average molecular weight is 310 g/mol. The van der Waals surface area contributed by atoms with Crippen molar-refractivity contribution in [2.24, 2.45) is 0 Å². The van der Waals surface area contributed by atoms with Crippen molar-refractivity contribution in [3.8, 4) is 0 Å². The van der Waals surface area contributed by atoms with Crippen LogP contribution in [0.4, 0.5) is 14.5 Å². The SMILES string of the molecule is CC(Cc1cccs1)N(C)C(=O)c1cc(F)cc(N)c1F. The second-order valence-corrected chi connectivity index (χ2v) is 5.94. The first-order valence-electron chi connectivity index (χ1n) is 6.44. The highest BCUT2D eigenvalue weighted by molar-refractivity contribution is 7.09. The number of nitrogen functional groups attached to an aromatic ring is 1. The molecule has 0 aliphatic carbocycles. The molecule has 1 unspecified atom stereocenters. The highest BCUT2D eigenvalue weighted by Crippen LogP contribution is 2.21. The summed E-state index contributed by atoms with van der Waals surface area (Å²) in [6.07, 6.45) is 0.659. The second kappa shape index (κ2) is 6.22. The van der Waals surface area contributed by atoms with Crippen molar-refractivity contribution >= 4 is 22.9 Å². The average Bonchev–Trinajstić information content (AvgIpc) is 2.94. The molecule has 0 saturated heterocycles. The molecule has 0 saturated carbocycles. The largest absolute Gasteiger partial charge is 0.396 e. The Bertz CT molecular complexity index is 643. The Kier molecular flexibility index (Phi) is 4.57. The van der Waals surface area contributed by atoms with E-state index in [2.05, 4.69) is 0 Å². The van der Waals surface area contributed by atoms with Crippen LogP contribution in [0.5, 0.6) is 0 Å². The van der Waals surface area contributed by atoms with Gasteiger partial charge in [-0.25, -0.2) is 8.78 Å². The quantitative estimate of drug-likeness (QED) is 0.881. The maximum atomic E-state index is 13.9. The Morgan fingerprint density at radius 1 is 1.43 bits per heavy atom. The summed E-state index contributed by atoms with van der Waals surface area (Å²) < 4.78 is 27.2. The number of carbonyl (C=O) groups is 1. The standard InChI is InChI=1S/C15H16F2N2OS/c1-9(6-11-4-3-5-21-11)19(2)15(20)12-7-10(16)8-13(18)14(12)17/h3-5,7-9H,6,18H2,1-2H3. The van der Waals surface area contributed by atoms with Crippen molar-refractivity contribution in [2.75, 3.05) is 12.8 Å². The summed E-state index contributed by atoms with van der Waals surface area (Å²) in [6.45, 7) is 1.86. The number of anilines is 1. The van der Waals surface area contributed by atoms with Gasteiger partial charge in [0, 0.05) is 24.4 Å². The number of likely N-dealkylation sites (N-methyl/N-ethyl adjacent to an activating group) is 1. The molecular weight excluding hydrogens is 294 g/mol. The van der Waals surface area contributed by atoms with Gasteiger partial charge in [0.2, 0.25) is 0 Å². The van der Waals surface area contributed by atoms with Gasteiger partial charge >= 0.3 is 0 Å². The number of rotatable bonds is 4. The summed E-state index contributed by atoms with van der Waals surface area (Å²) in [5, 5.41) is 1.96. The topological polar surface area (TPSA) is 46.3 Å². The van der Waals surface area contributed by atoms with Crippen LogP contribution in [-0.2, 0) is 6.42 Å². The van der Waals surface area contributed by atoms with Gasteiger partial charge in [-0.3, -0.25) is 4.79 Å². The first kappa shape index (κ1) is 15.4. The van der Waals surface area contributed by atoms with Crippen molar-refractivity contribution in [3.63, 3.8) is 0 Å². The van der Waals surface area contributed by atoms with Gasteiger partial charge in [-0.15, -0.1) is 11.3 Å². The molecule has 0 bridgehead atoms. The van der Waals surface area contributed by atoms with Crippen molar-refractivity contribution in [1.29, 1.82) is 0 Å². The van der Waals surface area contributed by atoms with Gasteiger partial charge in [0.15, 0.2) is 5.82 Å². The van der Waals surface area contributed by atoms with E-state index in [1.165, 1.54) is 4.90 Å². The second-order valence-electron chi connectivity index (χ2n) is 4.91. The summed E-state index contributed by atoms with van der Waals surface area (Å²) in [4.78, 5) is 14.8. The predicted molar refractivity (Wildman–Crippen MR) is 80.3 cm³/mol. The maximum absolute atomic E-state index is 13.9. The maximum Gasteiger partial charge on any atom is 0.257 e. The van der Waals surface area contributed by atoms with Crippen LogP contribution in [0.15, 0.2) is 29.6 Å². The van der Waals surface area contributed by atoms with E-state index in [1.54, 1.807) is 18.4 Å². The summed E-state index contributed by atoms with van der Waals surface area (Å²) in [5.41, 5.74) is 4.66. The monoisotopic (exact) mass is 310 g/mol. The van der Waals surface area contributed by atoms with Gasteiger partial charge in [0.25, 0.3) is 5.91 Å². The summed E-state index contributed by atoms with van der Waals surface area (Å²) in [6, 6.07) is 5.51. The number of amides is 1. The Morgan fingerprint density at radius 2 is 2.14 bits per heavy atom. The zero-order valence-electron chi connectivity index (χ0n) is 11.8. The fourth-order valence-electron chi connectivity index (χ4n) is 2.01. The summed E-state index contributed by atoms with van der Waals surface area (Å²) in [7, 11) is 1.57. The lowest BCUT2D eigenvalue weighted by Crippen LogP contribution is -2.37. The third kappa shape index (κ3) is 3.39. The molecule has 3 nitrogen and oxygen atoms in total. The number of benzene rings is 1. The predicted octanol–water partition coefficient (Wildman–Crippen LogP) is 3.31. The number of carbonyl (C=O) groups excluding carboxylic acids is 1. The van der Waals surface area contributed by atoms with Crippen molar-refractivity contribution < 1.29 is 13.6 Å². The Balaban J connectivity index is 2.19. The zero-order chi connectivity index (χ0) is 15.6. The molecule has 1 aromatic carbocycles. The molecule has 2 N–H and O–H groups in total. The molecule has 0 spiro atoms. The number of nitrogens with two attached hydrogens (primary N) is 1. The van der Waals surface area contributed by atoms with Gasteiger partial charge in [0.05, 0.1) is 11.3 Å². The highest BCUT2D eigenvalue weighted by atomic mass is 32.1. The lowest BCUT2D eigenvalue weighted by molar-refractivity contribution is 0.0739. The van der Waals surface area contributed by atoms with E-state index in [9.17, 15) is 13.6 Å². The first-order chi connectivity index (χ1) is 9.90. The van der Waals surface area contributed by atoms with Crippen LogP contribution in [0.2, 0.25) is 0 Å². The van der Waals surface area contributed by atoms with E-state index >= 15 is 0 Å². The van der Waals surface area contributed by atoms with Gasteiger partial charge in [-0.05, 0) is 30.5 Å². The number of thiophene rings is 1. The fourth-order valence-corrected chi connectivity index (χ4v) is 2.84. The molecular formula is C15H16F2N2OS. The van der Waals surface area contributed by atoms with Crippen LogP contribution in [0.3, 0.4) is 0 Å². The molecule has 1 atom stereocenters. The highest BCUT2D eigenvalue weighted by Gasteiger charge is 2.23. The zero-order valence-corrected chi connectivity index (χ0v) is 12.6. The summed E-state index contributed by atoms with van der Waals surface area (Å²) >= 11 is 1.59. The molecule has 1 heterocycles. The lowest BCUT2D eigenvalue weighted by atomic mass is 10.1. The van der Waals surface area contributed by atoms with Crippen molar-refractivity contribution in [2.45, 2.75) is 19.4 Å². The van der Waals surface area contributed by atoms with E-state index in [1.807, 2.05) is 24.4 Å². The molecule has 0 fully saturated rings. The van der Waals surface area contributed by atoms with Gasteiger partial charge in [0.1, 0.15) is 5.82 Å². The molecule has 6 heteroatoms. The van der Waals surface area contributed by atoms with Crippen LogP contribution in [0.25, 0.3) is 0 Å². The molecule has 0 radical (unpaired) electrons. The summed E-state index contributed by atoms with van der Waals surface area (Å²) in [5.74, 6) is -2.18. The molecule has 0 aliphatic heterocycles. The molecule has 2 rings (SSSR count).